The number of hydrogen-bond acceptors (Lipinski definition) is 10. The molecule has 0 saturated heterocycles. The molecule has 0 fully saturated rings. The topological polar surface area (TPSA) is 155 Å². The van der Waals surface area contributed by atoms with Gasteiger partial charge in [-0.2, -0.15) is 0 Å². The summed E-state index contributed by atoms with van der Waals surface area (Å²) in [4.78, 5) is 34.2. The number of oxime groups is 2. The number of hydrogen-bond donors (Lipinski definition) is 3. The van der Waals surface area contributed by atoms with Gasteiger partial charge in [-0.3, -0.25) is 9.59 Å². The average Bonchev–Trinajstić information content (AvgIpc) is 2.98. The van der Waals surface area contributed by atoms with Gasteiger partial charge in [0.05, 0.1) is 25.0 Å². The zero-order chi connectivity index (χ0) is 30.1. The molecule has 0 aliphatic heterocycles. The zero-order valence-electron chi connectivity index (χ0n) is 25.1. The van der Waals surface area contributed by atoms with E-state index >= 15 is 0 Å². The number of benzene rings is 1. The molecule has 1 unspecified atom stereocenters. The number of rotatable bonds is 25. The second-order valence-electron chi connectivity index (χ2n) is 9.44. The number of ether oxygens (including phenoxy) is 3. The SMILES string of the molecule is CN[C@@H](CCCCNC(=O)c1ccc(/C(C)=N\OCCCO/N=C/CCCCOCC(COC)OC)cc1)C(N)=O. The maximum atomic E-state index is 12.4. The molecule has 0 aliphatic carbocycles. The lowest BCUT2D eigenvalue weighted by Gasteiger charge is -2.14. The Kier molecular flexibility index (Phi) is 20.7. The molecule has 41 heavy (non-hydrogen) atoms. The molecule has 4 N–H and O–H groups in total. The van der Waals surface area contributed by atoms with Gasteiger partial charge in [-0.15, -0.1) is 0 Å². The van der Waals surface area contributed by atoms with Gasteiger partial charge >= 0.3 is 0 Å². The number of carbonyl (C=O) groups excluding carboxylic acids is 2. The molecule has 0 saturated carbocycles. The Labute approximate surface area is 244 Å². The molecule has 12 nitrogen and oxygen atoms in total. The molecule has 1 aromatic carbocycles. The van der Waals surface area contributed by atoms with E-state index in [1.54, 1.807) is 39.6 Å². The number of likely N-dealkylation sites (N-methyl/N-ethyl adjacent to an activating group) is 1. The minimum atomic E-state index is -0.365. The number of unbranched alkanes of at least 4 members (excludes halogenated alkanes) is 3. The summed E-state index contributed by atoms with van der Waals surface area (Å²) in [6.07, 6.45) is 7.31. The molecular weight excluding hydrogens is 530 g/mol. The standard InChI is InChI=1S/C29H49N5O7/c1-23(24-12-14-25(15-13-24)29(36)32-16-8-6-11-27(31-2)28(30)35)34-41-20-10-19-40-33-17-7-5-9-18-39-22-26(38-4)21-37-3/h12-15,17,26-27,31H,5-11,16,18-22H2,1-4H3,(H2,30,35)(H,32,36)/b33-17+,34-23-/t26?,27-/m0/s1. The van der Waals surface area contributed by atoms with Gasteiger partial charge in [-0.1, -0.05) is 22.4 Å². The maximum Gasteiger partial charge on any atom is 0.251 e. The summed E-state index contributed by atoms with van der Waals surface area (Å²) in [5.41, 5.74) is 7.45. The first kappa shape index (κ1) is 36.0. The van der Waals surface area contributed by atoms with Crippen LogP contribution in [0.15, 0.2) is 34.6 Å². The van der Waals surface area contributed by atoms with Crippen molar-refractivity contribution in [3.8, 4) is 0 Å². The van der Waals surface area contributed by atoms with Crippen LogP contribution in [-0.4, -0.2) is 96.7 Å². The Morgan fingerprint density at radius 1 is 0.951 bits per heavy atom. The number of nitrogens with two attached hydrogens (primary N) is 1. The molecule has 0 radical (unpaired) electrons. The zero-order valence-corrected chi connectivity index (χ0v) is 25.1. The molecule has 12 heteroatoms. The van der Waals surface area contributed by atoms with Crippen LogP contribution >= 0.6 is 0 Å². The fourth-order valence-electron chi connectivity index (χ4n) is 3.64. The predicted molar refractivity (Wildman–Crippen MR) is 159 cm³/mol. The highest BCUT2D eigenvalue weighted by molar-refractivity contribution is 6.00. The van der Waals surface area contributed by atoms with Crippen LogP contribution in [0, 0.1) is 0 Å². The number of nitrogens with zero attached hydrogens (tertiary/aromatic N) is 2. The molecule has 0 aromatic heterocycles. The summed E-state index contributed by atoms with van der Waals surface area (Å²) in [6, 6.07) is 6.85. The Hall–Kier alpha value is -3.06. The fourth-order valence-corrected chi connectivity index (χ4v) is 3.64. The summed E-state index contributed by atoms with van der Waals surface area (Å²) in [6.45, 7) is 4.95. The Balaban J connectivity index is 2.12. The van der Waals surface area contributed by atoms with E-state index in [2.05, 4.69) is 20.9 Å². The van der Waals surface area contributed by atoms with E-state index in [4.69, 9.17) is 29.6 Å². The van der Waals surface area contributed by atoms with Crippen molar-refractivity contribution in [2.75, 3.05) is 60.8 Å². The summed E-state index contributed by atoms with van der Waals surface area (Å²) in [5, 5.41) is 13.9. The van der Waals surface area contributed by atoms with Gasteiger partial charge < -0.3 is 40.3 Å². The second-order valence-corrected chi connectivity index (χ2v) is 9.44. The van der Waals surface area contributed by atoms with E-state index < -0.39 is 0 Å². The van der Waals surface area contributed by atoms with Crippen LogP contribution in [0.25, 0.3) is 0 Å². The quantitative estimate of drug-likeness (QED) is 0.0907. The first-order valence-corrected chi connectivity index (χ1v) is 14.2. The third-order valence-electron chi connectivity index (χ3n) is 6.15. The first-order valence-electron chi connectivity index (χ1n) is 14.2. The predicted octanol–water partition coefficient (Wildman–Crippen LogP) is 2.64. The van der Waals surface area contributed by atoms with E-state index in [0.717, 1.165) is 37.7 Å². The van der Waals surface area contributed by atoms with Crippen molar-refractivity contribution in [2.45, 2.75) is 64.0 Å². The van der Waals surface area contributed by atoms with Gasteiger partial charge in [-0.05, 0) is 70.2 Å². The number of nitrogens with one attached hydrogen (secondary N) is 2. The molecule has 1 rings (SSSR count). The number of amides is 2. The third-order valence-corrected chi connectivity index (χ3v) is 6.15. The Morgan fingerprint density at radius 2 is 1.68 bits per heavy atom. The van der Waals surface area contributed by atoms with Crippen LogP contribution in [0.1, 0.15) is 67.8 Å². The van der Waals surface area contributed by atoms with Crippen LogP contribution in [-0.2, 0) is 28.7 Å². The van der Waals surface area contributed by atoms with E-state index in [1.165, 1.54) is 0 Å². The highest BCUT2D eigenvalue weighted by Crippen LogP contribution is 2.07. The molecular formula is C29H49N5O7. The van der Waals surface area contributed by atoms with Gasteiger partial charge in [-0.25, -0.2) is 0 Å². The van der Waals surface area contributed by atoms with Crippen molar-refractivity contribution in [1.29, 1.82) is 0 Å². The summed E-state index contributed by atoms with van der Waals surface area (Å²) >= 11 is 0. The average molecular weight is 580 g/mol. The molecule has 0 heterocycles. The van der Waals surface area contributed by atoms with Gasteiger partial charge in [0, 0.05) is 45.6 Å². The minimum Gasteiger partial charge on any atom is -0.396 e. The lowest BCUT2D eigenvalue weighted by atomic mass is 10.1. The van der Waals surface area contributed by atoms with Crippen molar-refractivity contribution in [3.63, 3.8) is 0 Å². The van der Waals surface area contributed by atoms with Crippen molar-refractivity contribution < 1.29 is 33.5 Å². The summed E-state index contributed by atoms with van der Waals surface area (Å²) in [7, 11) is 5.00. The highest BCUT2D eigenvalue weighted by Gasteiger charge is 2.12. The highest BCUT2D eigenvalue weighted by atomic mass is 16.6. The third kappa shape index (κ3) is 17.4. The number of carbonyl (C=O) groups is 2. The molecule has 2 amide bonds. The van der Waals surface area contributed by atoms with Gasteiger partial charge in [0.25, 0.3) is 5.91 Å². The van der Waals surface area contributed by atoms with Crippen molar-refractivity contribution >= 4 is 23.7 Å². The summed E-state index contributed by atoms with van der Waals surface area (Å²) in [5.74, 6) is -0.509. The van der Waals surface area contributed by atoms with E-state index in [-0.39, 0.29) is 24.0 Å². The van der Waals surface area contributed by atoms with Crippen molar-refractivity contribution in [2.24, 2.45) is 16.0 Å². The number of primary amides is 1. The summed E-state index contributed by atoms with van der Waals surface area (Å²) < 4.78 is 15.9. The van der Waals surface area contributed by atoms with Gasteiger partial charge in [0.1, 0.15) is 19.3 Å². The van der Waals surface area contributed by atoms with E-state index in [1.807, 2.05) is 19.1 Å². The lowest BCUT2D eigenvalue weighted by molar-refractivity contribution is -0.120. The van der Waals surface area contributed by atoms with Crippen LogP contribution in [0.4, 0.5) is 0 Å². The van der Waals surface area contributed by atoms with Crippen molar-refractivity contribution in [3.05, 3.63) is 35.4 Å². The molecule has 232 valence electrons. The van der Waals surface area contributed by atoms with E-state index in [0.29, 0.717) is 63.7 Å². The monoisotopic (exact) mass is 579 g/mol. The molecule has 0 aliphatic rings. The lowest BCUT2D eigenvalue weighted by Crippen LogP contribution is -2.39. The van der Waals surface area contributed by atoms with Gasteiger partial charge in [0.15, 0.2) is 0 Å². The van der Waals surface area contributed by atoms with Crippen LogP contribution in [0.2, 0.25) is 0 Å². The van der Waals surface area contributed by atoms with Crippen LogP contribution in [0.5, 0.6) is 0 Å². The normalized spacial score (nSPS) is 13.2. The fraction of sp³-hybridized carbons (Fsp3) is 0.655. The Bertz CT molecular complexity index is 896. The second kappa shape index (κ2) is 23.6. The first-order chi connectivity index (χ1) is 19.9. The number of methoxy groups -OCH3 is 2. The van der Waals surface area contributed by atoms with Gasteiger partial charge in [0.2, 0.25) is 5.91 Å². The smallest absolute Gasteiger partial charge is 0.251 e. The molecule has 0 spiro atoms. The van der Waals surface area contributed by atoms with E-state index in [9.17, 15) is 9.59 Å². The maximum absolute atomic E-state index is 12.4. The van der Waals surface area contributed by atoms with Crippen LogP contribution in [0.3, 0.4) is 0 Å². The Morgan fingerprint density at radius 3 is 2.37 bits per heavy atom. The molecule has 1 aromatic rings. The van der Waals surface area contributed by atoms with Crippen molar-refractivity contribution in [1.82, 2.24) is 10.6 Å². The molecule has 2 atom stereocenters. The largest absolute Gasteiger partial charge is 0.396 e. The minimum absolute atomic E-state index is 0.0307. The molecule has 0 bridgehead atoms. The van der Waals surface area contributed by atoms with Crippen LogP contribution < -0.4 is 16.4 Å².